The highest BCUT2D eigenvalue weighted by atomic mass is 32.2. The Kier molecular flexibility index (Phi) is 3.23. The first kappa shape index (κ1) is 12.2. The number of carboxylic acid groups (broad SMARTS) is 1. The van der Waals surface area contributed by atoms with Gasteiger partial charge >= 0.3 is 5.97 Å². The number of nitrogens with zero attached hydrogens (tertiary/aromatic N) is 1. The van der Waals surface area contributed by atoms with Crippen molar-refractivity contribution in [2.45, 2.75) is 9.92 Å². The molecule has 2 heterocycles. The highest BCUT2D eigenvalue weighted by molar-refractivity contribution is 7.99. The number of fused-ring (bicyclic) bond motifs is 1. The van der Waals surface area contributed by atoms with Gasteiger partial charge in [0, 0.05) is 21.9 Å². The molecular formula is C14H9NO2S2. The van der Waals surface area contributed by atoms with Gasteiger partial charge in [0.25, 0.3) is 0 Å². The van der Waals surface area contributed by atoms with Crippen LogP contribution in [-0.4, -0.2) is 16.1 Å². The molecule has 0 saturated carbocycles. The van der Waals surface area contributed by atoms with Crippen molar-refractivity contribution in [1.82, 2.24) is 4.98 Å². The van der Waals surface area contributed by atoms with E-state index in [2.05, 4.69) is 4.98 Å². The smallest absolute Gasteiger partial charge is 0.345 e. The van der Waals surface area contributed by atoms with Gasteiger partial charge in [0.15, 0.2) is 0 Å². The highest BCUT2D eigenvalue weighted by Crippen LogP contribution is 2.34. The summed E-state index contributed by atoms with van der Waals surface area (Å²) in [5.41, 5.74) is 0. The van der Waals surface area contributed by atoms with Crippen molar-refractivity contribution in [3.8, 4) is 0 Å². The van der Waals surface area contributed by atoms with E-state index in [1.165, 1.54) is 23.1 Å². The number of pyridine rings is 1. The Morgan fingerprint density at radius 3 is 2.89 bits per heavy atom. The molecule has 0 amide bonds. The number of benzene rings is 1. The first-order valence-corrected chi connectivity index (χ1v) is 7.27. The lowest BCUT2D eigenvalue weighted by atomic mass is 10.2. The molecule has 1 aromatic carbocycles. The first-order chi connectivity index (χ1) is 9.24. The fourth-order valence-corrected chi connectivity index (χ4v) is 3.60. The fourth-order valence-electron chi connectivity index (χ4n) is 1.77. The molecule has 0 aliphatic rings. The van der Waals surface area contributed by atoms with Crippen molar-refractivity contribution in [2.75, 3.05) is 0 Å². The molecule has 1 N–H and O–H groups in total. The number of hydrogen-bond acceptors (Lipinski definition) is 4. The second kappa shape index (κ2) is 5.03. The molecule has 3 rings (SSSR count). The van der Waals surface area contributed by atoms with Crippen LogP contribution in [0.25, 0.3) is 10.8 Å². The van der Waals surface area contributed by atoms with E-state index < -0.39 is 5.97 Å². The van der Waals surface area contributed by atoms with Crippen molar-refractivity contribution in [2.24, 2.45) is 0 Å². The van der Waals surface area contributed by atoms with Crippen molar-refractivity contribution in [3.63, 3.8) is 0 Å². The molecule has 5 heteroatoms. The number of aromatic carboxylic acids is 1. The standard InChI is InChI=1S/C14H9NO2S2/c16-14(17)12-7-10(8-18-12)19-13-11-4-2-1-3-9(11)5-6-15-13/h1-8H,(H,16,17). The van der Waals surface area contributed by atoms with Gasteiger partial charge in [0.05, 0.1) is 0 Å². The van der Waals surface area contributed by atoms with Gasteiger partial charge in [0.1, 0.15) is 9.90 Å². The normalized spacial score (nSPS) is 10.7. The van der Waals surface area contributed by atoms with Crippen molar-refractivity contribution >= 4 is 39.8 Å². The van der Waals surface area contributed by atoms with Crippen molar-refractivity contribution in [3.05, 3.63) is 52.9 Å². The average Bonchev–Trinajstić information content (AvgIpc) is 2.88. The lowest BCUT2D eigenvalue weighted by molar-refractivity contribution is 0.0702. The third-order valence-electron chi connectivity index (χ3n) is 2.64. The molecule has 0 radical (unpaired) electrons. The maximum absolute atomic E-state index is 10.9. The molecule has 0 aliphatic carbocycles. The van der Waals surface area contributed by atoms with Crippen LogP contribution in [0.3, 0.4) is 0 Å². The zero-order chi connectivity index (χ0) is 13.2. The van der Waals surface area contributed by atoms with E-state index in [0.29, 0.717) is 4.88 Å². The number of carboxylic acids is 1. The van der Waals surface area contributed by atoms with Crippen LogP contribution in [0.5, 0.6) is 0 Å². The minimum atomic E-state index is -0.886. The van der Waals surface area contributed by atoms with E-state index in [4.69, 9.17) is 5.11 Å². The Morgan fingerprint density at radius 1 is 1.26 bits per heavy atom. The average molecular weight is 287 g/mol. The highest BCUT2D eigenvalue weighted by Gasteiger charge is 2.09. The molecule has 0 unspecified atom stereocenters. The molecule has 0 fully saturated rings. The summed E-state index contributed by atoms with van der Waals surface area (Å²) in [6.07, 6.45) is 1.77. The summed E-state index contributed by atoms with van der Waals surface area (Å²) in [7, 11) is 0. The summed E-state index contributed by atoms with van der Waals surface area (Å²) in [4.78, 5) is 16.5. The molecular weight excluding hydrogens is 278 g/mol. The van der Waals surface area contributed by atoms with Crippen LogP contribution in [0.15, 0.2) is 57.9 Å². The molecule has 94 valence electrons. The lowest BCUT2D eigenvalue weighted by Crippen LogP contribution is -1.89. The van der Waals surface area contributed by atoms with Gasteiger partial charge in [-0.25, -0.2) is 9.78 Å². The van der Waals surface area contributed by atoms with Crippen LogP contribution < -0.4 is 0 Å². The molecule has 0 aliphatic heterocycles. The molecule has 0 atom stereocenters. The first-order valence-electron chi connectivity index (χ1n) is 5.57. The van der Waals surface area contributed by atoms with Gasteiger partial charge in [0.2, 0.25) is 0 Å². The minimum Gasteiger partial charge on any atom is -0.477 e. The van der Waals surface area contributed by atoms with Crippen LogP contribution in [-0.2, 0) is 0 Å². The lowest BCUT2D eigenvalue weighted by Gasteiger charge is -2.03. The summed E-state index contributed by atoms with van der Waals surface area (Å²) in [5.74, 6) is -0.886. The van der Waals surface area contributed by atoms with Gasteiger partial charge in [-0.1, -0.05) is 36.0 Å². The maximum atomic E-state index is 10.9. The molecule has 3 aromatic rings. The van der Waals surface area contributed by atoms with E-state index in [0.717, 1.165) is 20.7 Å². The van der Waals surface area contributed by atoms with E-state index >= 15 is 0 Å². The van der Waals surface area contributed by atoms with E-state index in [9.17, 15) is 4.79 Å². The zero-order valence-electron chi connectivity index (χ0n) is 9.74. The van der Waals surface area contributed by atoms with Crippen LogP contribution in [0.4, 0.5) is 0 Å². The summed E-state index contributed by atoms with van der Waals surface area (Å²) < 4.78 is 0. The van der Waals surface area contributed by atoms with Crippen LogP contribution in [0, 0.1) is 0 Å². The van der Waals surface area contributed by atoms with Gasteiger partial charge in [-0.05, 0) is 17.5 Å². The van der Waals surface area contributed by atoms with E-state index in [1.807, 2.05) is 35.7 Å². The van der Waals surface area contributed by atoms with Crippen molar-refractivity contribution < 1.29 is 9.90 Å². The Labute approximate surface area is 117 Å². The number of carbonyl (C=O) groups is 1. The SMILES string of the molecule is O=C(O)c1cc(Sc2nccc3ccccc23)cs1. The Hall–Kier alpha value is -1.85. The summed E-state index contributed by atoms with van der Waals surface area (Å²) in [6.45, 7) is 0. The molecule has 3 nitrogen and oxygen atoms in total. The minimum absolute atomic E-state index is 0.350. The largest absolute Gasteiger partial charge is 0.477 e. The van der Waals surface area contributed by atoms with Crippen LogP contribution >= 0.6 is 23.1 Å². The van der Waals surface area contributed by atoms with Gasteiger partial charge in [-0.15, -0.1) is 11.3 Å². The Bertz CT molecular complexity index is 747. The monoisotopic (exact) mass is 287 g/mol. The molecule has 0 saturated heterocycles. The molecule has 2 aromatic heterocycles. The number of aromatic nitrogens is 1. The van der Waals surface area contributed by atoms with Gasteiger partial charge in [-0.3, -0.25) is 0 Å². The maximum Gasteiger partial charge on any atom is 0.345 e. The van der Waals surface area contributed by atoms with Crippen LogP contribution in [0.2, 0.25) is 0 Å². The molecule has 0 bridgehead atoms. The predicted octanol–water partition coefficient (Wildman–Crippen LogP) is 4.15. The summed E-state index contributed by atoms with van der Waals surface area (Å²) in [6, 6.07) is 11.7. The van der Waals surface area contributed by atoms with E-state index in [1.54, 1.807) is 12.3 Å². The topological polar surface area (TPSA) is 50.2 Å². The van der Waals surface area contributed by atoms with Gasteiger partial charge < -0.3 is 5.11 Å². The van der Waals surface area contributed by atoms with Gasteiger partial charge in [-0.2, -0.15) is 0 Å². The number of hydrogen-bond donors (Lipinski definition) is 1. The third kappa shape index (κ3) is 2.47. The Balaban J connectivity index is 1.98. The second-order valence-corrected chi connectivity index (χ2v) is 5.86. The quantitative estimate of drug-likeness (QED) is 0.786. The summed E-state index contributed by atoms with van der Waals surface area (Å²) in [5, 5.41) is 13.9. The van der Waals surface area contributed by atoms with Crippen molar-refractivity contribution in [1.29, 1.82) is 0 Å². The molecule has 19 heavy (non-hydrogen) atoms. The summed E-state index contributed by atoms with van der Waals surface area (Å²) >= 11 is 2.73. The fraction of sp³-hybridized carbons (Fsp3) is 0. The number of rotatable bonds is 3. The van der Waals surface area contributed by atoms with Crippen LogP contribution in [0.1, 0.15) is 9.67 Å². The molecule has 0 spiro atoms. The second-order valence-electron chi connectivity index (χ2n) is 3.89. The number of thiophene rings is 1. The third-order valence-corrected chi connectivity index (χ3v) is 4.70. The predicted molar refractivity (Wildman–Crippen MR) is 77.1 cm³/mol. The Morgan fingerprint density at radius 2 is 2.11 bits per heavy atom. The van der Waals surface area contributed by atoms with E-state index in [-0.39, 0.29) is 0 Å². The zero-order valence-corrected chi connectivity index (χ0v) is 11.4.